The molecule has 0 aromatic heterocycles. The highest BCUT2D eigenvalue weighted by Gasteiger charge is 2.22. The molecule has 3 nitrogen and oxygen atoms in total. The lowest BCUT2D eigenvalue weighted by atomic mass is 9.86. The minimum absolute atomic E-state index is 0.0125. The molecule has 82 valence electrons. The van der Waals surface area contributed by atoms with Gasteiger partial charge >= 0.3 is 6.09 Å². The molecule has 1 aliphatic carbocycles. The molecule has 1 fully saturated rings. The number of carbonyl (C=O) groups excluding carboxylic acids is 1. The maximum absolute atomic E-state index is 11.1. The molecule has 1 amide bonds. The lowest BCUT2D eigenvalue weighted by molar-refractivity contribution is 0.0604. The van der Waals surface area contributed by atoms with Crippen molar-refractivity contribution in [2.45, 2.75) is 45.1 Å². The highest BCUT2D eigenvalue weighted by atomic mass is 35.5. The molecule has 1 saturated carbocycles. The lowest BCUT2D eigenvalue weighted by Gasteiger charge is -2.27. The molecule has 0 aromatic rings. The second-order valence-electron chi connectivity index (χ2n) is 3.82. The van der Waals surface area contributed by atoms with Gasteiger partial charge in [-0.1, -0.05) is 19.3 Å². The van der Waals surface area contributed by atoms with E-state index in [9.17, 15) is 4.79 Å². The van der Waals surface area contributed by atoms with Gasteiger partial charge in [-0.25, -0.2) is 4.79 Å². The van der Waals surface area contributed by atoms with Crippen LogP contribution >= 0.6 is 11.6 Å². The summed E-state index contributed by atoms with van der Waals surface area (Å²) in [5.74, 6) is 0.532. The van der Waals surface area contributed by atoms with Crippen LogP contribution in [0.2, 0.25) is 0 Å². The van der Waals surface area contributed by atoms with Crippen molar-refractivity contribution >= 4 is 17.7 Å². The number of alkyl carbamates (subject to hydrolysis) is 1. The molecule has 0 aliphatic heterocycles. The zero-order valence-electron chi connectivity index (χ0n) is 8.59. The summed E-state index contributed by atoms with van der Waals surface area (Å²) >= 11 is 5.35. The number of hydrogen-bond donors (Lipinski definition) is 1. The molecular formula is C10H18ClNO2. The molecule has 1 aliphatic rings. The fraction of sp³-hybridized carbons (Fsp3) is 0.900. The van der Waals surface area contributed by atoms with Gasteiger partial charge in [0.05, 0.1) is 6.00 Å². The normalized spacial score (nSPS) is 20.1. The van der Waals surface area contributed by atoms with Gasteiger partial charge in [0.1, 0.15) is 6.10 Å². The van der Waals surface area contributed by atoms with Crippen molar-refractivity contribution in [3.8, 4) is 0 Å². The van der Waals surface area contributed by atoms with Gasteiger partial charge in [-0.3, -0.25) is 0 Å². The summed E-state index contributed by atoms with van der Waals surface area (Å²) in [5, 5.41) is 2.42. The number of hydrogen-bond acceptors (Lipinski definition) is 2. The number of halogens is 1. The van der Waals surface area contributed by atoms with Crippen molar-refractivity contribution in [2.75, 3.05) is 6.00 Å². The van der Waals surface area contributed by atoms with Gasteiger partial charge in [0.2, 0.25) is 0 Å². The quantitative estimate of drug-likeness (QED) is 0.586. The number of ether oxygens (including phenoxy) is 1. The summed E-state index contributed by atoms with van der Waals surface area (Å²) in [6, 6.07) is 0.107. The van der Waals surface area contributed by atoms with Crippen molar-refractivity contribution in [1.29, 1.82) is 0 Å². The molecule has 0 aromatic carbocycles. The molecule has 0 unspecified atom stereocenters. The summed E-state index contributed by atoms with van der Waals surface area (Å²) in [5.41, 5.74) is 0. The molecule has 0 spiro atoms. The zero-order chi connectivity index (χ0) is 10.4. The number of nitrogens with one attached hydrogen (secondary N) is 1. The Morgan fingerprint density at radius 1 is 1.50 bits per heavy atom. The van der Waals surface area contributed by atoms with Crippen molar-refractivity contribution in [3.63, 3.8) is 0 Å². The van der Waals surface area contributed by atoms with Gasteiger partial charge < -0.3 is 10.1 Å². The molecule has 0 heterocycles. The SMILES string of the molecule is C[C@@H](OC(=O)NCCl)C1CCCCC1. The largest absolute Gasteiger partial charge is 0.446 e. The van der Waals surface area contributed by atoms with Crippen molar-refractivity contribution in [1.82, 2.24) is 5.32 Å². The smallest absolute Gasteiger partial charge is 0.408 e. The Hall–Kier alpha value is -0.440. The van der Waals surface area contributed by atoms with Crippen LogP contribution < -0.4 is 5.32 Å². The van der Waals surface area contributed by atoms with Gasteiger partial charge in [0.15, 0.2) is 0 Å². The Morgan fingerprint density at radius 2 is 2.14 bits per heavy atom. The second-order valence-corrected chi connectivity index (χ2v) is 4.09. The van der Waals surface area contributed by atoms with Crippen LogP contribution in [0.15, 0.2) is 0 Å². The van der Waals surface area contributed by atoms with Gasteiger partial charge in [0.25, 0.3) is 0 Å². The van der Waals surface area contributed by atoms with Crippen molar-refractivity contribution < 1.29 is 9.53 Å². The summed E-state index contributed by atoms with van der Waals surface area (Å²) in [7, 11) is 0. The molecule has 1 atom stereocenters. The standard InChI is InChI=1S/C10H18ClNO2/c1-8(14-10(13)12-7-11)9-5-3-2-4-6-9/h8-9H,2-7H2,1H3,(H,12,13)/t8-/m1/s1. The van der Waals surface area contributed by atoms with E-state index in [1.165, 1.54) is 32.1 Å². The Labute approximate surface area is 90.1 Å². The van der Waals surface area contributed by atoms with Crippen LogP contribution in [0.1, 0.15) is 39.0 Å². The first-order chi connectivity index (χ1) is 6.74. The number of carbonyl (C=O) groups is 1. The third kappa shape index (κ3) is 3.74. The summed E-state index contributed by atoms with van der Waals surface area (Å²) < 4.78 is 5.20. The van der Waals surface area contributed by atoms with E-state index in [-0.39, 0.29) is 12.1 Å². The Bertz CT molecular complexity index is 181. The van der Waals surface area contributed by atoms with E-state index < -0.39 is 6.09 Å². The van der Waals surface area contributed by atoms with Crippen LogP contribution in [-0.4, -0.2) is 18.2 Å². The zero-order valence-corrected chi connectivity index (χ0v) is 9.35. The monoisotopic (exact) mass is 219 g/mol. The molecule has 1 N–H and O–H groups in total. The predicted octanol–water partition coefficient (Wildman–Crippen LogP) is 2.88. The molecular weight excluding hydrogens is 202 g/mol. The summed E-state index contributed by atoms with van der Waals surface area (Å²) in [6.45, 7) is 1.96. The van der Waals surface area contributed by atoms with Gasteiger partial charge in [0, 0.05) is 0 Å². The average Bonchev–Trinajstić information content (AvgIpc) is 2.19. The Balaban J connectivity index is 2.25. The minimum Gasteiger partial charge on any atom is -0.446 e. The molecule has 14 heavy (non-hydrogen) atoms. The maximum Gasteiger partial charge on any atom is 0.408 e. The first-order valence-corrected chi connectivity index (χ1v) is 5.78. The molecule has 0 radical (unpaired) electrons. The topological polar surface area (TPSA) is 38.3 Å². The second kappa shape index (κ2) is 6.12. The first kappa shape index (κ1) is 11.6. The number of rotatable bonds is 3. The molecule has 1 rings (SSSR count). The third-order valence-corrected chi connectivity index (χ3v) is 2.95. The van der Waals surface area contributed by atoms with E-state index in [4.69, 9.17) is 16.3 Å². The Kier molecular flexibility index (Phi) is 5.09. The molecule has 4 heteroatoms. The molecule has 0 saturated heterocycles. The van der Waals surface area contributed by atoms with E-state index in [0.717, 1.165) is 0 Å². The fourth-order valence-corrected chi connectivity index (χ4v) is 2.07. The first-order valence-electron chi connectivity index (χ1n) is 5.24. The van der Waals surface area contributed by atoms with Crippen LogP contribution in [-0.2, 0) is 4.74 Å². The Morgan fingerprint density at radius 3 is 2.71 bits per heavy atom. The average molecular weight is 220 g/mol. The third-order valence-electron chi connectivity index (χ3n) is 2.82. The van der Waals surface area contributed by atoms with Crippen LogP contribution in [0.25, 0.3) is 0 Å². The van der Waals surface area contributed by atoms with Crippen molar-refractivity contribution in [2.24, 2.45) is 5.92 Å². The van der Waals surface area contributed by atoms with Crippen LogP contribution in [0.5, 0.6) is 0 Å². The highest BCUT2D eigenvalue weighted by Crippen LogP contribution is 2.27. The van der Waals surface area contributed by atoms with Gasteiger partial charge in [-0.15, -0.1) is 11.6 Å². The maximum atomic E-state index is 11.1. The number of alkyl halides is 1. The minimum atomic E-state index is -0.405. The van der Waals surface area contributed by atoms with E-state index in [0.29, 0.717) is 5.92 Å². The van der Waals surface area contributed by atoms with E-state index in [2.05, 4.69) is 5.32 Å². The fourth-order valence-electron chi connectivity index (χ4n) is 1.96. The molecule has 0 bridgehead atoms. The summed E-state index contributed by atoms with van der Waals surface area (Å²) in [4.78, 5) is 11.1. The lowest BCUT2D eigenvalue weighted by Crippen LogP contribution is -2.31. The summed E-state index contributed by atoms with van der Waals surface area (Å²) in [6.07, 6.45) is 5.80. The van der Waals surface area contributed by atoms with E-state index >= 15 is 0 Å². The van der Waals surface area contributed by atoms with Crippen molar-refractivity contribution in [3.05, 3.63) is 0 Å². The van der Waals surface area contributed by atoms with Crippen LogP contribution in [0.4, 0.5) is 4.79 Å². The number of amides is 1. The van der Waals surface area contributed by atoms with E-state index in [1.54, 1.807) is 0 Å². The highest BCUT2D eigenvalue weighted by molar-refractivity contribution is 6.18. The van der Waals surface area contributed by atoms with Gasteiger partial charge in [-0.05, 0) is 25.7 Å². The van der Waals surface area contributed by atoms with Crippen LogP contribution in [0.3, 0.4) is 0 Å². The van der Waals surface area contributed by atoms with Gasteiger partial charge in [-0.2, -0.15) is 0 Å². The predicted molar refractivity (Wildman–Crippen MR) is 56.4 cm³/mol. The van der Waals surface area contributed by atoms with Crippen LogP contribution in [0, 0.1) is 5.92 Å². The van der Waals surface area contributed by atoms with E-state index in [1.807, 2.05) is 6.92 Å².